The van der Waals surface area contributed by atoms with Crippen molar-refractivity contribution in [2.45, 2.75) is 20.4 Å². The Hall–Kier alpha value is -2.42. The van der Waals surface area contributed by atoms with Gasteiger partial charge in [0.05, 0.1) is 5.52 Å². The van der Waals surface area contributed by atoms with E-state index in [4.69, 9.17) is 0 Å². The van der Waals surface area contributed by atoms with Gasteiger partial charge in [0.2, 0.25) is 0 Å². The molecule has 0 radical (unpaired) electrons. The largest absolute Gasteiger partial charge is 0.365 e. The van der Waals surface area contributed by atoms with Gasteiger partial charge in [-0.05, 0) is 31.5 Å². The van der Waals surface area contributed by atoms with E-state index < -0.39 is 0 Å². The monoisotopic (exact) mass is 263 g/mol. The van der Waals surface area contributed by atoms with Crippen molar-refractivity contribution in [1.29, 1.82) is 0 Å². The van der Waals surface area contributed by atoms with Crippen molar-refractivity contribution in [3.63, 3.8) is 0 Å². The van der Waals surface area contributed by atoms with E-state index in [0.29, 0.717) is 0 Å². The minimum absolute atomic E-state index is 0.766. The lowest BCUT2D eigenvalue weighted by atomic mass is 10.1. The third kappa shape index (κ3) is 2.62. The second kappa shape index (κ2) is 5.29. The highest BCUT2D eigenvalue weighted by Gasteiger charge is 2.03. The zero-order valence-electron chi connectivity index (χ0n) is 11.7. The summed E-state index contributed by atoms with van der Waals surface area (Å²) in [6, 6.07) is 14.7. The molecule has 1 aromatic heterocycles. The number of hydrogen-bond acceptors (Lipinski definition) is 3. The molecule has 0 amide bonds. The number of fused-ring (bicyclic) bond motifs is 1. The Morgan fingerprint density at radius 1 is 0.950 bits per heavy atom. The first kappa shape index (κ1) is 12.6. The molecule has 0 unspecified atom stereocenters. The fourth-order valence-corrected chi connectivity index (χ4v) is 2.32. The van der Waals surface area contributed by atoms with Crippen LogP contribution in [0, 0.1) is 13.8 Å². The maximum Gasteiger partial charge on any atom is 0.137 e. The smallest absolute Gasteiger partial charge is 0.137 e. The van der Waals surface area contributed by atoms with Gasteiger partial charge in [-0.1, -0.05) is 41.5 Å². The van der Waals surface area contributed by atoms with Crippen molar-refractivity contribution in [2.24, 2.45) is 0 Å². The van der Waals surface area contributed by atoms with Gasteiger partial charge in [0, 0.05) is 11.9 Å². The van der Waals surface area contributed by atoms with Crippen LogP contribution in [0.5, 0.6) is 0 Å². The number of aryl methyl sites for hydroxylation is 2. The fourth-order valence-electron chi connectivity index (χ4n) is 2.32. The lowest BCUT2D eigenvalue weighted by Crippen LogP contribution is -2.02. The molecule has 0 aliphatic carbocycles. The summed E-state index contributed by atoms with van der Waals surface area (Å²) >= 11 is 0. The predicted octanol–water partition coefficient (Wildman–Crippen LogP) is 3.86. The van der Waals surface area contributed by atoms with E-state index in [1.54, 1.807) is 6.33 Å². The van der Waals surface area contributed by atoms with Crippen molar-refractivity contribution in [3.05, 3.63) is 65.5 Å². The molecular formula is C17H17N3. The van der Waals surface area contributed by atoms with Crippen LogP contribution in [-0.2, 0) is 6.54 Å². The third-order valence-electron chi connectivity index (χ3n) is 3.33. The molecule has 0 bridgehead atoms. The molecule has 0 aliphatic rings. The second-order valence-corrected chi connectivity index (χ2v) is 5.09. The first-order valence-electron chi connectivity index (χ1n) is 6.73. The summed E-state index contributed by atoms with van der Waals surface area (Å²) in [5.41, 5.74) is 4.71. The number of hydrogen-bond donors (Lipinski definition) is 1. The summed E-state index contributed by atoms with van der Waals surface area (Å²) in [6.45, 7) is 4.95. The van der Waals surface area contributed by atoms with E-state index in [9.17, 15) is 0 Å². The van der Waals surface area contributed by atoms with Crippen LogP contribution in [0.1, 0.15) is 16.7 Å². The SMILES string of the molecule is Cc1cccc(CNc2ncnc3ccc(C)cc23)c1. The summed E-state index contributed by atoms with van der Waals surface area (Å²) in [4.78, 5) is 8.66. The Bertz CT molecular complexity index is 750. The van der Waals surface area contributed by atoms with Gasteiger partial charge in [-0.2, -0.15) is 0 Å². The standard InChI is InChI=1S/C17H17N3/c1-12-4-3-5-14(8-12)10-18-17-15-9-13(2)6-7-16(15)19-11-20-17/h3-9,11H,10H2,1-2H3,(H,18,19,20). The summed E-state index contributed by atoms with van der Waals surface area (Å²) in [6.07, 6.45) is 1.61. The molecule has 0 saturated heterocycles. The molecule has 0 atom stereocenters. The molecule has 2 aromatic carbocycles. The van der Waals surface area contributed by atoms with Crippen molar-refractivity contribution in [2.75, 3.05) is 5.32 Å². The molecule has 3 nitrogen and oxygen atoms in total. The first-order chi connectivity index (χ1) is 9.72. The molecule has 3 heteroatoms. The summed E-state index contributed by atoms with van der Waals surface area (Å²) in [5, 5.41) is 4.48. The number of aromatic nitrogens is 2. The van der Waals surface area contributed by atoms with Crippen LogP contribution >= 0.6 is 0 Å². The van der Waals surface area contributed by atoms with Crippen LogP contribution < -0.4 is 5.32 Å². The van der Waals surface area contributed by atoms with Crippen molar-refractivity contribution in [1.82, 2.24) is 9.97 Å². The quantitative estimate of drug-likeness (QED) is 0.779. The summed E-state index contributed by atoms with van der Waals surface area (Å²) in [7, 11) is 0. The van der Waals surface area contributed by atoms with Crippen LogP contribution in [-0.4, -0.2) is 9.97 Å². The highest BCUT2D eigenvalue weighted by Crippen LogP contribution is 2.21. The number of rotatable bonds is 3. The molecule has 100 valence electrons. The molecule has 0 aliphatic heterocycles. The Morgan fingerprint density at radius 3 is 2.65 bits per heavy atom. The van der Waals surface area contributed by atoms with E-state index in [1.165, 1.54) is 16.7 Å². The Morgan fingerprint density at radius 2 is 1.80 bits per heavy atom. The van der Waals surface area contributed by atoms with Crippen LogP contribution in [0.15, 0.2) is 48.8 Å². The number of anilines is 1. The van der Waals surface area contributed by atoms with Gasteiger partial charge >= 0.3 is 0 Å². The van der Waals surface area contributed by atoms with Gasteiger partial charge in [0.25, 0.3) is 0 Å². The van der Waals surface area contributed by atoms with Crippen molar-refractivity contribution < 1.29 is 0 Å². The van der Waals surface area contributed by atoms with Gasteiger partial charge in [-0.25, -0.2) is 9.97 Å². The molecule has 3 rings (SSSR count). The van der Waals surface area contributed by atoms with E-state index in [2.05, 4.69) is 65.5 Å². The summed E-state index contributed by atoms with van der Waals surface area (Å²) in [5.74, 6) is 0.889. The molecule has 0 fully saturated rings. The number of benzene rings is 2. The Labute approximate surface area is 118 Å². The molecular weight excluding hydrogens is 246 g/mol. The topological polar surface area (TPSA) is 37.8 Å². The van der Waals surface area contributed by atoms with Crippen molar-refractivity contribution in [3.8, 4) is 0 Å². The maximum absolute atomic E-state index is 4.36. The zero-order valence-corrected chi connectivity index (χ0v) is 11.7. The van der Waals surface area contributed by atoms with Crippen LogP contribution in [0.2, 0.25) is 0 Å². The van der Waals surface area contributed by atoms with Gasteiger partial charge in [0.1, 0.15) is 12.1 Å². The lowest BCUT2D eigenvalue weighted by molar-refractivity contribution is 1.10. The van der Waals surface area contributed by atoms with Gasteiger partial charge in [0.15, 0.2) is 0 Å². The average molecular weight is 263 g/mol. The molecule has 1 heterocycles. The molecule has 0 spiro atoms. The number of nitrogens with zero attached hydrogens (tertiary/aromatic N) is 2. The van der Waals surface area contributed by atoms with E-state index in [1.807, 2.05) is 6.07 Å². The van der Waals surface area contributed by atoms with Crippen molar-refractivity contribution >= 4 is 16.7 Å². The van der Waals surface area contributed by atoms with Gasteiger partial charge in [-0.15, -0.1) is 0 Å². The molecule has 1 N–H and O–H groups in total. The lowest BCUT2D eigenvalue weighted by Gasteiger charge is -2.09. The van der Waals surface area contributed by atoms with Gasteiger partial charge < -0.3 is 5.32 Å². The average Bonchev–Trinajstić information content (AvgIpc) is 2.45. The highest BCUT2D eigenvalue weighted by molar-refractivity contribution is 5.89. The minimum atomic E-state index is 0.766. The molecule has 0 saturated carbocycles. The Balaban J connectivity index is 1.89. The Kier molecular flexibility index (Phi) is 3.33. The number of nitrogens with one attached hydrogen (secondary N) is 1. The maximum atomic E-state index is 4.36. The third-order valence-corrected chi connectivity index (χ3v) is 3.33. The van der Waals surface area contributed by atoms with E-state index in [0.717, 1.165) is 23.3 Å². The molecule has 20 heavy (non-hydrogen) atoms. The predicted molar refractivity (Wildman–Crippen MR) is 82.8 cm³/mol. The zero-order chi connectivity index (χ0) is 13.9. The first-order valence-corrected chi connectivity index (χ1v) is 6.73. The highest BCUT2D eigenvalue weighted by atomic mass is 15.0. The van der Waals surface area contributed by atoms with E-state index >= 15 is 0 Å². The van der Waals surface area contributed by atoms with Crippen LogP contribution in [0.4, 0.5) is 5.82 Å². The van der Waals surface area contributed by atoms with Gasteiger partial charge in [-0.3, -0.25) is 0 Å². The fraction of sp³-hybridized carbons (Fsp3) is 0.176. The van der Waals surface area contributed by atoms with Crippen LogP contribution in [0.25, 0.3) is 10.9 Å². The normalized spacial score (nSPS) is 10.7. The molecule has 3 aromatic rings. The van der Waals surface area contributed by atoms with Crippen LogP contribution in [0.3, 0.4) is 0 Å². The second-order valence-electron chi connectivity index (χ2n) is 5.09. The minimum Gasteiger partial charge on any atom is -0.365 e. The summed E-state index contributed by atoms with van der Waals surface area (Å²) < 4.78 is 0. The van der Waals surface area contributed by atoms with E-state index in [-0.39, 0.29) is 0 Å².